The van der Waals surface area contributed by atoms with Crippen molar-refractivity contribution in [2.45, 2.75) is 25.2 Å². The molecule has 0 aromatic heterocycles. The van der Waals surface area contributed by atoms with Gasteiger partial charge in [-0.2, -0.15) is 4.31 Å². The van der Waals surface area contributed by atoms with Gasteiger partial charge < -0.3 is 10.6 Å². The number of hydrogen-bond acceptors (Lipinski definition) is 4. The van der Waals surface area contributed by atoms with Crippen LogP contribution in [-0.4, -0.2) is 50.7 Å². The van der Waals surface area contributed by atoms with Gasteiger partial charge in [-0.15, -0.1) is 6.42 Å². The lowest BCUT2D eigenvalue weighted by atomic mass is 9.94. The molecule has 8 heteroatoms. The average molecular weight is 391 g/mol. The number of rotatable bonds is 6. The molecule has 2 rings (SSSR count). The SMILES string of the molecule is C#CCNC(=O)CNC(=O)c1ccc(S(=O)(=O)N2CC(C)CC(C)C2)cc1. The van der Waals surface area contributed by atoms with Crippen molar-refractivity contribution in [1.82, 2.24) is 14.9 Å². The van der Waals surface area contributed by atoms with E-state index in [1.807, 2.05) is 13.8 Å². The van der Waals surface area contributed by atoms with Crippen molar-refractivity contribution in [2.24, 2.45) is 11.8 Å². The standard InChI is InChI=1S/C19H25N3O4S/c1-4-9-20-18(23)11-21-19(24)16-5-7-17(8-6-16)27(25,26)22-12-14(2)10-15(3)13-22/h1,5-8,14-15H,9-13H2,2-3H3,(H,20,23)(H,21,24). The van der Waals surface area contributed by atoms with Crippen LogP contribution in [0.15, 0.2) is 29.2 Å². The number of carbonyl (C=O) groups is 2. The molecule has 0 saturated carbocycles. The third-order valence-electron chi connectivity index (χ3n) is 4.39. The first-order valence-corrected chi connectivity index (χ1v) is 10.3. The molecule has 27 heavy (non-hydrogen) atoms. The zero-order chi connectivity index (χ0) is 20.0. The van der Waals surface area contributed by atoms with Gasteiger partial charge in [0.05, 0.1) is 18.0 Å². The van der Waals surface area contributed by atoms with Crippen molar-refractivity contribution in [3.05, 3.63) is 29.8 Å². The smallest absolute Gasteiger partial charge is 0.251 e. The molecule has 0 aliphatic carbocycles. The second-order valence-corrected chi connectivity index (χ2v) is 8.89. The first-order chi connectivity index (χ1) is 12.7. The van der Waals surface area contributed by atoms with E-state index in [9.17, 15) is 18.0 Å². The summed E-state index contributed by atoms with van der Waals surface area (Å²) in [4.78, 5) is 23.7. The van der Waals surface area contributed by atoms with E-state index in [1.165, 1.54) is 28.6 Å². The molecule has 1 fully saturated rings. The monoisotopic (exact) mass is 391 g/mol. The molecule has 1 saturated heterocycles. The summed E-state index contributed by atoms with van der Waals surface area (Å²) in [5.74, 6) is 2.04. The molecule has 2 N–H and O–H groups in total. The van der Waals surface area contributed by atoms with Gasteiger partial charge >= 0.3 is 0 Å². The number of piperidine rings is 1. The van der Waals surface area contributed by atoms with E-state index in [0.29, 0.717) is 24.9 Å². The van der Waals surface area contributed by atoms with Gasteiger partial charge in [-0.25, -0.2) is 8.42 Å². The minimum atomic E-state index is -3.59. The predicted molar refractivity (Wildman–Crippen MR) is 102 cm³/mol. The lowest BCUT2D eigenvalue weighted by molar-refractivity contribution is -0.119. The van der Waals surface area contributed by atoms with Crippen LogP contribution in [0.2, 0.25) is 0 Å². The Morgan fingerprint density at radius 3 is 2.30 bits per heavy atom. The molecule has 1 aliphatic heterocycles. The van der Waals surface area contributed by atoms with E-state index >= 15 is 0 Å². The lowest BCUT2D eigenvalue weighted by Crippen LogP contribution is -2.42. The highest BCUT2D eigenvalue weighted by molar-refractivity contribution is 7.89. The Hall–Kier alpha value is -2.37. The molecule has 0 radical (unpaired) electrons. The molecule has 2 atom stereocenters. The van der Waals surface area contributed by atoms with Crippen molar-refractivity contribution in [3.8, 4) is 12.3 Å². The molecule has 1 aromatic carbocycles. The largest absolute Gasteiger partial charge is 0.344 e. The van der Waals surface area contributed by atoms with Gasteiger partial charge in [0.15, 0.2) is 0 Å². The molecule has 1 heterocycles. The van der Waals surface area contributed by atoms with E-state index in [0.717, 1.165) is 6.42 Å². The summed E-state index contributed by atoms with van der Waals surface area (Å²) in [5, 5.41) is 4.90. The summed E-state index contributed by atoms with van der Waals surface area (Å²) < 4.78 is 27.2. The van der Waals surface area contributed by atoms with Crippen molar-refractivity contribution < 1.29 is 18.0 Å². The van der Waals surface area contributed by atoms with Gasteiger partial charge in [0.2, 0.25) is 15.9 Å². The van der Waals surface area contributed by atoms with Crippen LogP contribution in [0.5, 0.6) is 0 Å². The van der Waals surface area contributed by atoms with Crippen molar-refractivity contribution in [1.29, 1.82) is 0 Å². The maximum atomic E-state index is 12.8. The zero-order valence-electron chi connectivity index (χ0n) is 15.6. The van der Waals surface area contributed by atoms with Crippen LogP contribution >= 0.6 is 0 Å². The molecule has 1 aliphatic rings. The van der Waals surface area contributed by atoms with Crippen LogP contribution in [0.25, 0.3) is 0 Å². The average Bonchev–Trinajstić information content (AvgIpc) is 2.63. The van der Waals surface area contributed by atoms with Gasteiger partial charge in [-0.3, -0.25) is 9.59 Å². The second-order valence-electron chi connectivity index (χ2n) is 6.96. The van der Waals surface area contributed by atoms with Gasteiger partial charge in [0.1, 0.15) is 0 Å². The molecule has 146 valence electrons. The molecular formula is C19H25N3O4S. The summed E-state index contributed by atoms with van der Waals surface area (Å²) in [6.07, 6.45) is 6.05. The fourth-order valence-corrected chi connectivity index (χ4v) is 4.88. The Bertz CT molecular complexity index is 818. The van der Waals surface area contributed by atoms with Gasteiger partial charge in [-0.05, 0) is 42.5 Å². The highest BCUT2D eigenvalue weighted by atomic mass is 32.2. The lowest BCUT2D eigenvalue weighted by Gasteiger charge is -2.34. The fraction of sp³-hybridized carbons (Fsp3) is 0.474. The Morgan fingerprint density at radius 2 is 1.74 bits per heavy atom. The van der Waals surface area contributed by atoms with Gasteiger partial charge in [-0.1, -0.05) is 19.8 Å². The molecule has 2 amide bonds. The number of carbonyl (C=O) groups excluding carboxylic acids is 2. The summed E-state index contributed by atoms with van der Waals surface area (Å²) in [7, 11) is -3.59. The van der Waals surface area contributed by atoms with Crippen molar-refractivity contribution in [2.75, 3.05) is 26.2 Å². The number of sulfonamides is 1. The minimum Gasteiger partial charge on any atom is -0.344 e. The Kier molecular flexibility index (Phi) is 6.99. The Labute approximate surface area is 160 Å². The van der Waals surface area contributed by atoms with Crippen LogP contribution in [-0.2, 0) is 14.8 Å². The molecule has 0 bridgehead atoms. The maximum absolute atomic E-state index is 12.8. The topological polar surface area (TPSA) is 95.6 Å². The highest BCUT2D eigenvalue weighted by Gasteiger charge is 2.31. The number of hydrogen-bond donors (Lipinski definition) is 2. The van der Waals surface area contributed by atoms with E-state index in [4.69, 9.17) is 6.42 Å². The van der Waals surface area contributed by atoms with Crippen LogP contribution in [0.1, 0.15) is 30.6 Å². The third kappa shape index (κ3) is 5.55. The van der Waals surface area contributed by atoms with Gasteiger partial charge in [0.25, 0.3) is 5.91 Å². The van der Waals surface area contributed by atoms with E-state index in [1.54, 1.807) is 0 Å². The summed E-state index contributed by atoms with van der Waals surface area (Å²) in [6, 6.07) is 5.73. The predicted octanol–water partition coefficient (Wildman–Crippen LogP) is 0.832. The van der Waals surface area contributed by atoms with Crippen LogP contribution in [0.3, 0.4) is 0 Å². The number of nitrogens with one attached hydrogen (secondary N) is 2. The third-order valence-corrected chi connectivity index (χ3v) is 6.23. The molecule has 1 aromatic rings. The maximum Gasteiger partial charge on any atom is 0.251 e. The summed E-state index contributed by atoms with van der Waals surface area (Å²) in [6.45, 7) is 4.99. The summed E-state index contributed by atoms with van der Waals surface area (Å²) in [5.41, 5.74) is 0.277. The summed E-state index contributed by atoms with van der Waals surface area (Å²) >= 11 is 0. The van der Waals surface area contributed by atoms with Crippen molar-refractivity contribution >= 4 is 21.8 Å². The van der Waals surface area contributed by atoms with Crippen LogP contribution in [0.4, 0.5) is 0 Å². The molecule has 7 nitrogen and oxygen atoms in total. The quantitative estimate of drug-likeness (QED) is 0.702. The normalized spacial score (nSPS) is 20.5. The molecule has 0 spiro atoms. The molecule has 2 unspecified atom stereocenters. The second kappa shape index (κ2) is 9.02. The number of benzene rings is 1. The van der Waals surface area contributed by atoms with Gasteiger partial charge in [0, 0.05) is 18.7 Å². The van der Waals surface area contributed by atoms with E-state index < -0.39 is 21.8 Å². The fourth-order valence-electron chi connectivity index (χ4n) is 3.20. The molecular weight excluding hydrogens is 366 g/mol. The van der Waals surface area contributed by atoms with E-state index in [-0.39, 0.29) is 23.5 Å². The Balaban J connectivity index is 2.02. The van der Waals surface area contributed by atoms with Crippen LogP contribution in [0, 0.1) is 24.2 Å². The highest BCUT2D eigenvalue weighted by Crippen LogP contribution is 2.26. The zero-order valence-corrected chi connectivity index (χ0v) is 16.4. The van der Waals surface area contributed by atoms with E-state index in [2.05, 4.69) is 16.6 Å². The number of nitrogens with zero attached hydrogens (tertiary/aromatic N) is 1. The minimum absolute atomic E-state index is 0.0923. The Morgan fingerprint density at radius 1 is 1.15 bits per heavy atom. The number of amides is 2. The van der Waals surface area contributed by atoms with Crippen LogP contribution < -0.4 is 10.6 Å². The first-order valence-electron chi connectivity index (χ1n) is 8.82. The number of terminal acetylenes is 1. The van der Waals surface area contributed by atoms with Crippen molar-refractivity contribution in [3.63, 3.8) is 0 Å². The first kappa shape index (κ1) is 20.9.